The molecule has 1 heterocycles. The highest BCUT2D eigenvalue weighted by Crippen LogP contribution is 2.36. The molecule has 0 bridgehead atoms. The van der Waals surface area contributed by atoms with Crippen molar-refractivity contribution in [2.24, 2.45) is 0 Å². The van der Waals surface area contributed by atoms with Crippen LogP contribution in [0.5, 0.6) is 0 Å². The standard InChI is InChI=1S/C19H16F2N2OS/c20-15-4-5-17(21)16(11-15)18-6-7-23(8-9-25-18)19(24)14-3-1-2-13(10-14)12-22/h1-5,10-11,18H,6-9H2. The Morgan fingerprint density at radius 3 is 2.84 bits per heavy atom. The van der Waals surface area contributed by atoms with E-state index in [1.54, 1.807) is 29.2 Å². The molecule has 0 aromatic heterocycles. The Kier molecular flexibility index (Phi) is 5.34. The van der Waals surface area contributed by atoms with Gasteiger partial charge in [-0.15, -0.1) is 0 Å². The number of carbonyl (C=O) groups excluding carboxylic acids is 1. The van der Waals surface area contributed by atoms with Crippen LogP contribution >= 0.6 is 11.8 Å². The number of nitriles is 1. The lowest BCUT2D eigenvalue weighted by atomic mass is 10.1. The fourth-order valence-corrected chi connectivity index (χ4v) is 4.13. The molecule has 0 aliphatic carbocycles. The molecule has 2 aromatic rings. The fraction of sp³-hybridized carbons (Fsp3) is 0.263. The van der Waals surface area contributed by atoms with E-state index in [0.717, 1.165) is 12.1 Å². The molecule has 0 N–H and O–H groups in total. The van der Waals surface area contributed by atoms with Gasteiger partial charge in [0, 0.05) is 35.2 Å². The minimum atomic E-state index is -0.456. The van der Waals surface area contributed by atoms with Crippen molar-refractivity contribution in [2.45, 2.75) is 11.7 Å². The molecule has 1 aliphatic rings. The SMILES string of the molecule is N#Cc1cccc(C(=O)N2CCSC(c3cc(F)ccc3F)CC2)c1. The van der Waals surface area contributed by atoms with E-state index < -0.39 is 11.6 Å². The summed E-state index contributed by atoms with van der Waals surface area (Å²) in [6, 6.07) is 12.1. The Morgan fingerprint density at radius 1 is 1.20 bits per heavy atom. The summed E-state index contributed by atoms with van der Waals surface area (Å²) in [7, 11) is 0. The lowest BCUT2D eigenvalue weighted by molar-refractivity contribution is 0.0766. The molecule has 3 nitrogen and oxygen atoms in total. The first-order valence-electron chi connectivity index (χ1n) is 7.94. The van der Waals surface area contributed by atoms with E-state index in [1.807, 2.05) is 6.07 Å². The summed E-state index contributed by atoms with van der Waals surface area (Å²) >= 11 is 1.53. The third-order valence-electron chi connectivity index (χ3n) is 4.17. The molecular formula is C19H16F2N2OS. The highest BCUT2D eigenvalue weighted by molar-refractivity contribution is 7.99. The number of benzene rings is 2. The molecule has 3 rings (SSSR count). The Bertz CT molecular complexity index is 834. The predicted molar refractivity (Wildman–Crippen MR) is 93.2 cm³/mol. The molecule has 1 amide bonds. The second-order valence-corrected chi connectivity index (χ2v) is 7.11. The van der Waals surface area contributed by atoms with Crippen LogP contribution in [0.15, 0.2) is 42.5 Å². The minimum Gasteiger partial charge on any atom is -0.338 e. The van der Waals surface area contributed by atoms with Gasteiger partial charge in [0.05, 0.1) is 11.6 Å². The molecule has 1 aliphatic heterocycles. The number of halogens is 2. The van der Waals surface area contributed by atoms with Gasteiger partial charge in [-0.3, -0.25) is 4.79 Å². The van der Waals surface area contributed by atoms with Gasteiger partial charge in [-0.1, -0.05) is 6.07 Å². The first kappa shape index (κ1) is 17.4. The maximum atomic E-state index is 14.0. The van der Waals surface area contributed by atoms with E-state index in [2.05, 4.69) is 0 Å². The van der Waals surface area contributed by atoms with Gasteiger partial charge in [0.25, 0.3) is 5.91 Å². The summed E-state index contributed by atoms with van der Waals surface area (Å²) in [6.07, 6.45) is 0.550. The molecule has 128 valence electrons. The van der Waals surface area contributed by atoms with Gasteiger partial charge >= 0.3 is 0 Å². The van der Waals surface area contributed by atoms with Crippen LogP contribution in [0.1, 0.15) is 33.2 Å². The predicted octanol–water partition coefficient (Wildman–Crippen LogP) is 4.16. The third-order valence-corrected chi connectivity index (χ3v) is 5.48. The molecule has 0 spiro atoms. The van der Waals surface area contributed by atoms with Crippen molar-refractivity contribution in [1.82, 2.24) is 4.90 Å². The van der Waals surface area contributed by atoms with Crippen LogP contribution in [0.4, 0.5) is 8.78 Å². The van der Waals surface area contributed by atoms with Crippen molar-refractivity contribution in [2.75, 3.05) is 18.8 Å². The largest absolute Gasteiger partial charge is 0.338 e. The van der Waals surface area contributed by atoms with Crippen LogP contribution in [0.3, 0.4) is 0 Å². The van der Waals surface area contributed by atoms with Crippen molar-refractivity contribution in [3.8, 4) is 6.07 Å². The summed E-state index contributed by atoms with van der Waals surface area (Å²) < 4.78 is 27.4. The molecule has 1 unspecified atom stereocenters. The minimum absolute atomic E-state index is 0.141. The van der Waals surface area contributed by atoms with Crippen LogP contribution in [-0.4, -0.2) is 29.6 Å². The highest BCUT2D eigenvalue weighted by atomic mass is 32.2. The summed E-state index contributed by atoms with van der Waals surface area (Å²) in [5, 5.41) is 8.78. The Morgan fingerprint density at radius 2 is 2.04 bits per heavy atom. The zero-order chi connectivity index (χ0) is 17.8. The van der Waals surface area contributed by atoms with E-state index in [1.165, 1.54) is 17.8 Å². The van der Waals surface area contributed by atoms with Crippen LogP contribution in [-0.2, 0) is 0 Å². The van der Waals surface area contributed by atoms with Crippen molar-refractivity contribution in [1.29, 1.82) is 5.26 Å². The van der Waals surface area contributed by atoms with Crippen molar-refractivity contribution < 1.29 is 13.6 Å². The number of nitrogens with zero attached hydrogens (tertiary/aromatic N) is 2. The molecule has 1 atom stereocenters. The van der Waals surface area contributed by atoms with Crippen LogP contribution < -0.4 is 0 Å². The normalized spacial score (nSPS) is 17.6. The van der Waals surface area contributed by atoms with E-state index in [9.17, 15) is 13.6 Å². The number of thioether (sulfide) groups is 1. The van der Waals surface area contributed by atoms with Gasteiger partial charge in [-0.2, -0.15) is 17.0 Å². The summed E-state index contributed by atoms with van der Waals surface area (Å²) in [6.45, 7) is 0.997. The van der Waals surface area contributed by atoms with Crippen molar-refractivity contribution >= 4 is 17.7 Å². The Labute approximate surface area is 149 Å². The number of hydrogen-bond donors (Lipinski definition) is 0. The van der Waals surface area contributed by atoms with E-state index in [-0.39, 0.29) is 11.2 Å². The van der Waals surface area contributed by atoms with Gasteiger partial charge in [0.2, 0.25) is 0 Å². The fourth-order valence-electron chi connectivity index (χ4n) is 2.89. The molecule has 25 heavy (non-hydrogen) atoms. The molecule has 2 aromatic carbocycles. The van der Waals surface area contributed by atoms with Gasteiger partial charge in [-0.05, 0) is 42.8 Å². The van der Waals surface area contributed by atoms with Gasteiger partial charge in [-0.25, -0.2) is 8.78 Å². The second-order valence-electron chi connectivity index (χ2n) is 5.80. The molecule has 1 saturated heterocycles. The van der Waals surface area contributed by atoms with Crippen molar-refractivity contribution in [3.63, 3.8) is 0 Å². The van der Waals surface area contributed by atoms with Gasteiger partial charge in [0.15, 0.2) is 0 Å². The lowest BCUT2D eigenvalue weighted by Gasteiger charge is -2.20. The van der Waals surface area contributed by atoms with Crippen LogP contribution in [0, 0.1) is 23.0 Å². The van der Waals surface area contributed by atoms with E-state index in [0.29, 0.717) is 42.0 Å². The van der Waals surface area contributed by atoms with Crippen LogP contribution in [0.25, 0.3) is 0 Å². The average molecular weight is 358 g/mol. The van der Waals surface area contributed by atoms with Gasteiger partial charge < -0.3 is 4.90 Å². The summed E-state index contributed by atoms with van der Waals surface area (Å²) in [5.41, 5.74) is 1.26. The summed E-state index contributed by atoms with van der Waals surface area (Å²) in [4.78, 5) is 14.4. The first-order chi connectivity index (χ1) is 12.1. The highest BCUT2D eigenvalue weighted by Gasteiger charge is 2.25. The molecule has 6 heteroatoms. The number of amides is 1. The summed E-state index contributed by atoms with van der Waals surface area (Å²) in [5.74, 6) is -0.370. The van der Waals surface area contributed by atoms with Crippen LogP contribution in [0.2, 0.25) is 0 Å². The van der Waals surface area contributed by atoms with Crippen molar-refractivity contribution in [3.05, 3.63) is 70.8 Å². The van der Waals surface area contributed by atoms with E-state index in [4.69, 9.17) is 5.26 Å². The maximum Gasteiger partial charge on any atom is 0.253 e. The monoisotopic (exact) mass is 358 g/mol. The second kappa shape index (κ2) is 7.66. The Hall–Kier alpha value is -2.39. The van der Waals surface area contributed by atoms with Gasteiger partial charge in [0.1, 0.15) is 11.6 Å². The lowest BCUT2D eigenvalue weighted by Crippen LogP contribution is -2.33. The average Bonchev–Trinajstić information content (AvgIpc) is 2.89. The molecule has 1 fully saturated rings. The first-order valence-corrected chi connectivity index (χ1v) is 8.99. The molecule has 0 saturated carbocycles. The molecular weight excluding hydrogens is 342 g/mol. The maximum absolute atomic E-state index is 14.0. The zero-order valence-electron chi connectivity index (χ0n) is 13.4. The topological polar surface area (TPSA) is 44.1 Å². The molecule has 0 radical (unpaired) electrons. The number of carbonyl (C=O) groups is 1. The smallest absolute Gasteiger partial charge is 0.253 e. The number of hydrogen-bond acceptors (Lipinski definition) is 3. The Balaban J connectivity index is 1.74. The number of rotatable bonds is 2. The quantitative estimate of drug-likeness (QED) is 0.810. The van der Waals surface area contributed by atoms with E-state index >= 15 is 0 Å². The third kappa shape index (κ3) is 3.99. The zero-order valence-corrected chi connectivity index (χ0v) is 14.2.